The van der Waals surface area contributed by atoms with Crippen molar-refractivity contribution in [3.05, 3.63) is 35.9 Å². The molecule has 1 amide bonds. The molecule has 124 valence electrons. The Hall–Kier alpha value is -1.36. The van der Waals surface area contributed by atoms with Crippen LogP contribution in [0.1, 0.15) is 25.3 Å². The van der Waals surface area contributed by atoms with E-state index in [0.717, 1.165) is 5.56 Å². The van der Waals surface area contributed by atoms with Gasteiger partial charge in [0.15, 0.2) is 0 Å². The van der Waals surface area contributed by atoms with Crippen molar-refractivity contribution in [2.75, 3.05) is 26.4 Å². The Labute approximate surface area is 131 Å². The molecular weight excluding hydrogens is 305 g/mol. The summed E-state index contributed by atoms with van der Waals surface area (Å²) in [6, 6.07) is 9.48. The summed E-state index contributed by atoms with van der Waals surface area (Å²) in [7, 11) is -1.58. The maximum absolute atomic E-state index is 12.0. The van der Waals surface area contributed by atoms with E-state index in [1.165, 1.54) is 7.11 Å². The van der Waals surface area contributed by atoms with Crippen LogP contribution in [-0.4, -0.2) is 32.5 Å². The number of unbranched alkanes of at least 4 members (excludes halogenated alkanes) is 1. The first kappa shape index (κ1) is 18.7. The van der Waals surface area contributed by atoms with Gasteiger partial charge < -0.3 is 19.1 Å². The molecule has 6 nitrogen and oxygen atoms in total. The molecule has 0 heterocycles. The largest absolute Gasteiger partial charge is 0.445 e. The Morgan fingerprint density at radius 2 is 1.95 bits per heavy atom. The van der Waals surface area contributed by atoms with Crippen LogP contribution in [0.15, 0.2) is 30.3 Å². The molecule has 1 atom stereocenters. The van der Waals surface area contributed by atoms with E-state index in [2.05, 4.69) is 5.32 Å². The number of carbonyl (C=O) groups is 1. The highest BCUT2D eigenvalue weighted by molar-refractivity contribution is 7.53. The lowest BCUT2D eigenvalue weighted by Gasteiger charge is -2.14. The summed E-state index contributed by atoms with van der Waals surface area (Å²) in [6.07, 6.45) is 1.21. The van der Waals surface area contributed by atoms with E-state index in [1.807, 2.05) is 30.3 Å². The maximum Gasteiger partial charge on any atom is 0.407 e. The number of alkyl carbamates (subject to hydrolysis) is 1. The zero-order chi connectivity index (χ0) is 16.3. The summed E-state index contributed by atoms with van der Waals surface area (Å²) in [6.45, 7) is 2.84. The Morgan fingerprint density at radius 1 is 1.23 bits per heavy atom. The normalized spacial score (nSPS) is 13.4. The zero-order valence-corrected chi connectivity index (χ0v) is 14.0. The molecule has 0 radical (unpaired) electrons. The molecule has 0 bridgehead atoms. The predicted octanol–water partition coefficient (Wildman–Crippen LogP) is 3.57. The molecule has 1 aromatic carbocycles. The molecule has 0 aliphatic rings. The van der Waals surface area contributed by atoms with Gasteiger partial charge in [0.1, 0.15) is 6.61 Å². The Balaban J connectivity index is 2.11. The van der Waals surface area contributed by atoms with Crippen LogP contribution in [0.3, 0.4) is 0 Å². The predicted molar refractivity (Wildman–Crippen MR) is 85.0 cm³/mol. The molecule has 0 spiro atoms. The van der Waals surface area contributed by atoms with Crippen molar-refractivity contribution in [1.82, 2.24) is 5.32 Å². The summed E-state index contributed by atoms with van der Waals surface area (Å²) < 4.78 is 27.1. The van der Waals surface area contributed by atoms with Gasteiger partial charge in [-0.1, -0.05) is 30.3 Å². The van der Waals surface area contributed by atoms with Crippen molar-refractivity contribution < 1.29 is 23.1 Å². The number of nitrogens with one attached hydrogen (secondary N) is 1. The minimum atomic E-state index is -2.96. The molecule has 0 saturated heterocycles. The van der Waals surface area contributed by atoms with E-state index in [1.54, 1.807) is 6.92 Å². The number of hydrogen-bond acceptors (Lipinski definition) is 5. The average molecular weight is 329 g/mol. The average Bonchev–Trinajstić information content (AvgIpc) is 2.54. The summed E-state index contributed by atoms with van der Waals surface area (Å²) in [5, 5.41) is 2.66. The molecule has 7 heteroatoms. The molecule has 1 N–H and O–H groups in total. The van der Waals surface area contributed by atoms with Crippen LogP contribution in [0, 0.1) is 0 Å². The van der Waals surface area contributed by atoms with Crippen LogP contribution in [-0.2, 0) is 25.0 Å². The van der Waals surface area contributed by atoms with Crippen molar-refractivity contribution in [1.29, 1.82) is 0 Å². The first-order chi connectivity index (χ1) is 10.6. The monoisotopic (exact) mass is 329 g/mol. The molecule has 0 saturated carbocycles. The number of rotatable bonds is 10. The third kappa shape index (κ3) is 7.59. The van der Waals surface area contributed by atoms with Crippen LogP contribution in [0.25, 0.3) is 0 Å². The van der Waals surface area contributed by atoms with Gasteiger partial charge >= 0.3 is 13.7 Å². The van der Waals surface area contributed by atoms with Gasteiger partial charge in [-0.05, 0) is 25.3 Å². The van der Waals surface area contributed by atoms with E-state index >= 15 is 0 Å². The highest BCUT2D eigenvalue weighted by Gasteiger charge is 2.21. The molecule has 22 heavy (non-hydrogen) atoms. The number of hydrogen-bond donors (Lipinski definition) is 1. The van der Waals surface area contributed by atoms with E-state index in [0.29, 0.717) is 32.2 Å². The molecule has 0 fully saturated rings. The van der Waals surface area contributed by atoms with Crippen LogP contribution in [0.2, 0.25) is 0 Å². The van der Waals surface area contributed by atoms with E-state index in [-0.39, 0.29) is 6.61 Å². The smallest absolute Gasteiger partial charge is 0.407 e. The third-order valence-electron chi connectivity index (χ3n) is 2.94. The van der Waals surface area contributed by atoms with Crippen LogP contribution < -0.4 is 5.32 Å². The number of ether oxygens (including phenoxy) is 1. The van der Waals surface area contributed by atoms with Crippen molar-refractivity contribution in [3.63, 3.8) is 0 Å². The van der Waals surface area contributed by atoms with Gasteiger partial charge in [0.2, 0.25) is 0 Å². The van der Waals surface area contributed by atoms with Crippen LogP contribution >= 0.6 is 7.60 Å². The topological polar surface area (TPSA) is 73.9 Å². The minimum Gasteiger partial charge on any atom is -0.445 e. The van der Waals surface area contributed by atoms with Gasteiger partial charge in [0, 0.05) is 13.7 Å². The molecule has 0 aromatic heterocycles. The van der Waals surface area contributed by atoms with Crippen molar-refractivity contribution in [3.8, 4) is 0 Å². The lowest BCUT2D eigenvalue weighted by molar-refractivity contribution is 0.139. The van der Waals surface area contributed by atoms with Crippen molar-refractivity contribution >= 4 is 13.7 Å². The molecule has 1 rings (SSSR count). The second-order valence-electron chi connectivity index (χ2n) is 4.63. The SMILES string of the molecule is CCOP(=O)(CCCCNC(=O)OCc1ccccc1)OC. The number of amides is 1. The Bertz CT molecular complexity index is 480. The summed E-state index contributed by atoms with van der Waals surface area (Å²) >= 11 is 0. The fourth-order valence-electron chi connectivity index (χ4n) is 1.80. The quantitative estimate of drug-likeness (QED) is 0.525. The van der Waals surface area contributed by atoms with Crippen LogP contribution in [0.4, 0.5) is 4.79 Å². The van der Waals surface area contributed by atoms with Crippen molar-refractivity contribution in [2.45, 2.75) is 26.4 Å². The summed E-state index contributed by atoms with van der Waals surface area (Å²) in [5.74, 6) is 0. The second kappa shape index (κ2) is 10.4. The van der Waals surface area contributed by atoms with E-state index in [4.69, 9.17) is 13.8 Å². The minimum absolute atomic E-state index is 0.246. The highest BCUT2D eigenvalue weighted by Crippen LogP contribution is 2.47. The molecule has 0 aliphatic heterocycles. The summed E-state index contributed by atoms with van der Waals surface area (Å²) in [5.41, 5.74) is 0.940. The highest BCUT2D eigenvalue weighted by atomic mass is 31.2. The Morgan fingerprint density at radius 3 is 2.59 bits per heavy atom. The zero-order valence-electron chi connectivity index (χ0n) is 13.1. The lowest BCUT2D eigenvalue weighted by atomic mass is 10.2. The van der Waals surface area contributed by atoms with Gasteiger partial charge in [0.05, 0.1) is 12.8 Å². The molecule has 0 aliphatic carbocycles. The fraction of sp³-hybridized carbons (Fsp3) is 0.533. The molecule has 1 aromatic rings. The van der Waals surface area contributed by atoms with E-state index < -0.39 is 13.7 Å². The van der Waals surface area contributed by atoms with Gasteiger partial charge in [-0.3, -0.25) is 4.57 Å². The maximum atomic E-state index is 12.0. The van der Waals surface area contributed by atoms with Gasteiger partial charge in [0.25, 0.3) is 0 Å². The first-order valence-electron chi connectivity index (χ1n) is 7.33. The van der Waals surface area contributed by atoms with E-state index in [9.17, 15) is 9.36 Å². The first-order valence-corrected chi connectivity index (χ1v) is 9.06. The summed E-state index contributed by atoms with van der Waals surface area (Å²) in [4.78, 5) is 11.5. The molecule has 1 unspecified atom stereocenters. The van der Waals surface area contributed by atoms with Gasteiger partial charge in [-0.15, -0.1) is 0 Å². The third-order valence-corrected chi connectivity index (χ3v) is 5.02. The van der Waals surface area contributed by atoms with Gasteiger partial charge in [-0.2, -0.15) is 0 Å². The number of carbonyl (C=O) groups excluding carboxylic acids is 1. The Kier molecular flexibility index (Phi) is 8.82. The standard InChI is InChI=1S/C15H24NO5P/c1-3-21-22(18,19-2)12-8-7-11-16-15(17)20-13-14-9-5-4-6-10-14/h4-6,9-10H,3,7-8,11-13H2,1-2H3,(H,16,17). The van der Waals surface area contributed by atoms with Gasteiger partial charge in [-0.25, -0.2) is 4.79 Å². The lowest BCUT2D eigenvalue weighted by Crippen LogP contribution is -2.25. The number of benzene rings is 1. The van der Waals surface area contributed by atoms with Crippen LogP contribution in [0.5, 0.6) is 0 Å². The molecular formula is C15H24NO5P. The van der Waals surface area contributed by atoms with Crippen molar-refractivity contribution in [2.24, 2.45) is 0 Å². The second-order valence-corrected chi connectivity index (χ2v) is 6.92. The fourth-order valence-corrected chi connectivity index (χ4v) is 3.22.